The van der Waals surface area contributed by atoms with Crippen molar-refractivity contribution < 1.29 is 4.79 Å². The normalized spacial score (nSPS) is 18.8. The molecule has 0 saturated carbocycles. The number of nitrogens with zero attached hydrogens (tertiary/aromatic N) is 3. The van der Waals surface area contributed by atoms with E-state index in [-0.39, 0.29) is 5.78 Å². The van der Waals surface area contributed by atoms with E-state index < -0.39 is 6.04 Å². The second-order valence-electron chi connectivity index (χ2n) is 3.77. The van der Waals surface area contributed by atoms with Crippen LogP contribution in [0.4, 0.5) is 5.69 Å². The van der Waals surface area contributed by atoms with Crippen LogP contribution in [0.5, 0.6) is 0 Å². The Morgan fingerprint density at radius 1 is 1.53 bits per heavy atom. The second kappa shape index (κ2) is 4.68. The first kappa shape index (κ1) is 11.8. The van der Waals surface area contributed by atoms with Crippen LogP contribution in [0.2, 0.25) is 0 Å². The largest absolute Gasteiger partial charge is 0.293 e. The average Bonchev–Trinajstić information content (AvgIpc) is 2.74. The number of anilines is 1. The smallest absolute Gasteiger partial charge is 0.175 e. The average molecular weight is 292 g/mol. The van der Waals surface area contributed by atoms with E-state index in [2.05, 4.69) is 27.1 Å². The molecule has 0 N–H and O–H groups in total. The molecule has 1 heterocycles. The molecule has 0 aromatic heterocycles. The van der Waals surface area contributed by atoms with Gasteiger partial charge >= 0.3 is 0 Å². The minimum atomic E-state index is -0.393. The first-order valence-corrected chi connectivity index (χ1v) is 5.94. The van der Waals surface area contributed by atoms with Gasteiger partial charge in [0.25, 0.3) is 0 Å². The Labute approximate surface area is 108 Å². The number of nitriles is 1. The molecule has 4 nitrogen and oxygen atoms in total. The summed E-state index contributed by atoms with van der Waals surface area (Å²) < 4.78 is 0.963. The van der Waals surface area contributed by atoms with Gasteiger partial charge in [0.2, 0.25) is 0 Å². The summed E-state index contributed by atoms with van der Waals surface area (Å²) in [6.07, 6.45) is 0.391. The van der Waals surface area contributed by atoms with Crippen molar-refractivity contribution in [3.05, 3.63) is 28.7 Å². The van der Waals surface area contributed by atoms with Crippen LogP contribution in [-0.2, 0) is 4.79 Å². The number of hydrogen-bond donors (Lipinski definition) is 0. The summed E-state index contributed by atoms with van der Waals surface area (Å²) in [7, 11) is 0. The number of carbonyl (C=O) groups is 1. The third-order valence-electron chi connectivity index (χ3n) is 2.56. The van der Waals surface area contributed by atoms with Gasteiger partial charge in [0.05, 0.1) is 11.8 Å². The van der Waals surface area contributed by atoms with E-state index in [1.165, 1.54) is 6.92 Å². The van der Waals surface area contributed by atoms with Crippen molar-refractivity contribution >= 4 is 33.1 Å². The van der Waals surface area contributed by atoms with Gasteiger partial charge in [-0.25, -0.2) is 5.01 Å². The Hall–Kier alpha value is -1.67. The van der Waals surface area contributed by atoms with Crippen molar-refractivity contribution in [1.82, 2.24) is 0 Å². The van der Waals surface area contributed by atoms with E-state index in [0.717, 1.165) is 10.2 Å². The van der Waals surface area contributed by atoms with Gasteiger partial charge in [-0.2, -0.15) is 10.4 Å². The highest BCUT2D eigenvalue weighted by molar-refractivity contribution is 9.10. The molecule has 0 bridgehead atoms. The van der Waals surface area contributed by atoms with Crippen LogP contribution in [-0.4, -0.2) is 17.5 Å². The van der Waals surface area contributed by atoms with Gasteiger partial charge < -0.3 is 0 Å². The lowest BCUT2D eigenvalue weighted by Gasteiger charge is -2.17. The van der Waals surface area contributed by atoms with Crippen molar-refractivity contribution in [2.75, 3.05) is 5.01 Å². The fourth-order valence-electron chi connectivity index (χ4n) is 1.66. The highest BCUT2D eigenvalue weighted by atomic mass is 79.9. The number of ketones is 1. The number of Topliss-reactive ketones (excluding diaryl/α,β-unsaturated/α-hetero) is 1. The molecule has 1 aliphatic rings. The van der Waals surface area contributed by atoms with E-state index in [9.17, 15) is 4.79 Å². The molecule has 0 saturated heterocycles. The molecule has 1 unspecified atom stereocenters. The lowest BCUT2D eigenvalue weighted by molar-refractivity contribution is -0.111. The van der Waals surface area contributed by atoms with Crippen molar-refractivity contribution in [3.63, 3.8) is 0 Å². The molecule has 1 aromatic rings. The zero-order valence-electron chi connectivity index (χ0n) is 9.22. The molecular formula is C12H10BrN3O. The SMILES string of the molecule is CC(=O)C1=NN(c2ccc(Br)cc2)C(C#N)C1. The maximum Gasteiger partial charge on any atom is 0.175 e. The summed E-state index contributed by atoms with van der Waals surface area (Å²) in [5.74, 6) is -0.0788. The summed E-state index contributed by atoms with van der Waals surface area (Å²) in [5.41, 5.74) is 1.27. The number of rotatable bonds is 2. The van der Waals surface area contributed by atoms with Crippen LogP contribution >= 0.6 is 15.9 Å². The third-order valence-corrected chi connectivity index (χ3v) is 3.09. The molecule has 2 rings (SSSR count). The lowest BCUT2D eigenvalue weighted by Crippen LogP contribution is -2.24. The molecule has 1 aromatic carbocycles. The Kier molecular flexibility index (Phi) is 3.25. The van der Waals surface area contributed by atoms with Gasteiger partial charge in [0, 0.05) is 17.8 Å². The molecule has 86 valence electrons. The van der Waals surface area contributed by atoms with Crippen LogP contribution in [0, 0.1) is 11.3 Å². The van der Waals surface area contributed by atoms with Crippen LogP contribution in [0.1, 0.15) is 13.3 Å². The monoisotopic (exact) mass is 291 g/mol. The Bertz CT molecular complexity index is 516. The van der Waals surface area contributed by atoms with Crippen LogP contribution in [0.15, 0.2) is 33.8 Å². The van der Waals surface area contributed by atoms with Gasteiger partial charge in [0.1, 0.15) is 11.8 Å². The summed E-state index contributed by atoms with van der Waals surface area (Å²) >= 11 is 3.35. The standard InChI is InChI=1S/C12H10BrN3O/c1-8(17)12-6-11(7-14)16(15-12)10-4-2-9(13)3-5-10/h2-5,11H,6H2,1H3. The van der Waals surface area contributed by atoms with E-state index >= 15 is 0 Å². The predicted molar refractivity (Wildman–Crippen MR) is 68.8 cm³/mol. The Morgan fingerprint density at radius 2 is 2.18 bits per heavy atom. The lowest BCUT2D eigenvalue weighted by atomic mass is 10.1. The highest BCUT2D eigenvalue weighted by Gasteiger charge is 2.29. The fraction of sp³-hybridized carbons (Fsp3) is 0.250. The number of benzene rings is 1. The van der Waals surface area contributed by atoms with Gasteiger partial charge in [-0.15, -0.1) is 0 Å². The van der Waals surface area contributed by atoms with E-state index in [4.69, 9.17) is 5.26 Å². The predicted octanol–water partition coefficient (Wildman–Crippen LogP) is 2.50. The second-order valence-corrected chi connectivity index (χ2v) is 4.69. The number of hydrazone groups is 1. The molecule has 0 aliphatic carbocycles. The van der Waals surface area contributed by atoms with Gasteiger partial charge in [-0.05, 0) is 24.3 Å². The van der Waals surface area contributed by atoms with Gasteiger partial charge in [0.15, 0.2) is 5.78 Å². The minimum Gasteiger partial charge on any atom is -0.293 e. The van der Waals surface area contributed by atoms with Crippen molar-refractivity contribution in [3.8, 4) is 6.07 Å². The first-order valence-electron chi connectivity index (χ1n) is 5.14. The first-order chi connectivity index (χ1) is 8.11. The molecule has 1 atom stereocenters. The summed E-state index contributed by atoms with van der Waals surface area (Å²) in [6, 6.07) is 9.25. The van der Waals surface area contributed by atoms with Gasteiger partial charge in [-0.3, -0.25) is 4.79 Å². The molecule has 0 radical (unpaired) electrons. The summed E-state index contributed by atoms with van der Waals surface area (Å²) in [5, 5.41) is 14.9. The Morgan fingerprint density at radius 3 is 2.71 bits per heavy atom. The highest BCUT2D eigenvalue weighted by Crippen LogP contribution is 2.25. The van der Waals surface area contributed by atoms with Gasteiger partial charge in [-0.1, -0.05) is 15.9 Å². The topological polar surface area (TPSA) is 56.5 Å². The number of carbonyl (C=O) groups excluding carboxylic acids is 1. The van der Waals surface area contributed by atoms with Crippen molar-refractivity contribution in [2.24, 2.45) is 5.10 Å². The number of halogens is 1. The molecule has 1 aliphatic heterocycles. The molecule has 0 amide bonds. The molecule has 0 fully saturated rings. The maximum atomic E-state index is 11.3. The molecule has 17 heavy (non-hydrogen) atoms. The third kappa shape index (κ3) is 2.37. The zero-order chi connectivity index (χ0) is 12.4. The fourth-order valence-corrected chi connectivity index (χ4v) is 1.92. The summed E-state index contributed by atoms with van der Waals surface area (Å²) in [6.45, 7) is 1.47. The zero-order valence-corrected chi connectivity index (χ0v) is 10.8. The molecule has 0 spiro atoms. The molecular weight excluding hydrogens is 282 g/mol. The van der Waals surface area contributed by atoms with Crippen molar-refractivity contribution in [1.29, 1.82) is 5.26 Å². The van der Waals surface area contributed by atoms with E-state index in [1.54, 1.807) is 5.01 Å². The van der Waals surface area contributed by atoms with Crippen LogP contribution < -0.4 is 5.01 Å². The quantitative estimate of drug-likeness (QED) is 0.841. The van der Waals surface area contributed by atoms with Crippen LogP contribution in [0.3, 0.4) is 0 Å². The van der Waals surface area contributed by atoms with E-state index in [1.807, 2.05) is 24.3 Å². The minimum absolute atomic E-state index is 0.0788. The maximum absolute atomic E-state index is 11.3. The summed E-state index contributed by atoms with van der Waals surface area (Å²) in [4.78, 5) is 11.3. The Balaban J connectivity index is 2.33. The number of hydrogen-bond acceptors (Lipinski definition) is 4. The van der Waals surface area contributed by atoms with Crippen molar-refractivity contribution in [2.45, 2.75) is 19.4 Å². The molecule has 5 heteroatoms. The van der Waals surface area contributed by atoms with Crippen LogP contribution in [0.25, 0.3) is 0 Å². The van der Waals surface area contributed by atoms with E-state index in [0.29, 0.717) is 12.1 Å².